The minimum absolute atomic E-state index is 0.290. The van der Waals surface area contributed by atoms with E-state index in [2.05, 4.69) is 5.32 Å². The number of halogens is 4. The van der Waals surface area contributed by atoms with Gasteiger partial charge in [0.25, 0.3) is 0 Å². The number of hydrogen-bond acceptors (Lipinski definition) is 11. The second-order valence-electron chi connectivity index (χ2n) is 11.5. The summed E-state index contributed by atoms with van der Waals surface area (Å²) in [7, 11) is 0. The van der Waals surface area contributed by atoms with Gasteiger partial charge in [0.1, 0.15) is 47.5 Å². The van der Waals surface area contributed by atoms with Gasteiger partial charge in [-0.15, -0.1) is 0 Å². The molecule has 0 saturated heterocycles. The van der Waals surface area contributed by atoms with Crippen LogP contribution in [-0.4, -0.2) is 75.8 Å². The number of alkyl carbamates (subject to hydrolysis) is 2. The van der Waals surface area contributed by atoms with Crippen molar-refractivity contribution < 1.29 is 70.8 Å². The molecule has 2 amide bonds. The summed E-state index contributed by atoms with van der Waals surface area (Å²) in [5.41, 5.74) is 2.05. The van der Waals surface area contributed by atoms with Crippen LogP contribution in [0.15, 0.2) is 24.3 Å². The van der Waals surface area contributed by atoms with Gasteiger partial charge >= 0.3 is 29.8 Å². The summed E-state index contributed by atoms with van der Waals surface area (Å²) in [5, 5.41) is 33.0. The average molecular weight is 695 g/mol. The molecule has 2 aromatic rings. The maximum absolute atomic E-state index is 13.5. The Hall–Kier alpha value is -5.56. The number of carboxylic acid groups (broad SMARTS) is 2. The Labute approximate surface area is 270 Å². The maximum Gasteiger partial charge on any atom is 0.408 e. The van der Waals surface area contributed by atoms with Crippen LogP contribution in [0.4, 0.5) is 38.5 Å². The first kappa shape index (κ1) is 40.5. The number of nitrogens with zero attached hydrogens (tertiary/aromatic N) is 1. The third-order valence-electron chi connectivity index (χ3n) is 5.02. The number of carboxylic acids is 2. The van der Waals surface area contributed by atoms with Crippen LogP contribution in [0.1, 0.15) is 41.5 Å². The van der Waals surface area contributed by atoms with E-state index in [4.69, 9.17) is 34.9 Å². The Bertz CT molecular complexity index is 1510. The van der Waals surface area contributed by atoms with Crippen LogP contribution in [0.2, 0.25) is 0 Å². The van der Waals surface area contributed by atoms with Gasteiger partial charge in [-0.05, 0) is 41.5 Å². The van der Waals surface area contributed by atoms with Crippen molar-refractivity contribution in [2.75, 3.05) is 18.9 Å². The number of nitrogens with two attached hydrogens (primary N) is 1. The highest BCUT2D eigenvalue weighted by Crippen LogP contribution is 2.31. The molecule has 0 aliphatic heterocycles. The van der Waals surface area contributed by atoms with Gasteiger partial charge in [0.15, 0.2) is 17.9 Å². The highest BCUT2D eigenvalue weighted by molar-refractivity contribution is 5.81. The second-order valence-corrected chi connectivity index (χ2v) is 11.5. The van der Waals surface area contributed by atoms with E-state index in [0.717, 1.165) is 6.07 Å². The molecule has 0 radical (unpaired) electrons. The lowest BCUT2D eigenvalue weighted by molar-refractivity contribution is -0.388. The number of ether oxygens (including phenoxy) is 4. The Balaban J connectivity index is 0.000000482. The van der Waals surface area contributed by atoms with Gasteiger partial charge in [-0.2, -0.15) is 4.39 Å². The van der Waals surface area contributed by atoms with Crippen LogP contribution in [0, 0.1) is 33.4 Å². The predicted molar refractivity (Wildman–Crippen MR) is 156 cm³/mol. The van der Waals surface area contributed by atoms with E-state index in [1.165, 1.54) is 0 Å². The Morgan fingerprint density at radius 2 is 1.15 bits per heavy atom. The number of nitro groups is 1. The monoisotopic (exact) mass is 694 g/mol. The molecule has 2 atom stereocenters. The molecule has 0 bridgehead atoms. The molecule has 6 N–H and O–H groups in total. The van der Waals surface area contributed by atoms with Gasteiger partial charge in [0.05, 0.1) is 4.92 Å². The number of nitro benzene ring substituents is 1. The molecule has 0 aromatic heterocycles. The first-order valence-corrected chi connectivity index (χ1v) is 13.5. The summed E-state index contributed by atoms with van der Waals surface area (Å²) in [6.45, 7) is 8.06. The van der Waals surface area contributed by atoms with E-state index in [1.54, 1.807) is 41.5 Å². The van der Waals surface area contributed by atoms with Gasteiger partial charge in [0, 0.05) is 24.3 Å². The van der Waals surface area contributed by atoms with Gasteiger partial charge < -0.3 is 45.5 Å². The molecule has 2 rings (SSSR count). The smallest absolute Gasteiger partial charge is 0.408 e. The molecule has 266 valence electrons. The fourth-order valence-electron chi connectivity index (χ4n) is 3.11. The summed E-state index contributed by atoms with van der Waals surface area (Å²) in [4.78, 5) is 55.1. The van der Waals surface area contributed by atoms with Crippen molar-refractivity contribution in [1.29, 1.82) is 0 Å². The average Bonchev–Trinajstić information content (AvgIpc) is 2.88. The fourth-order valence-corrected chi connectivity index (χ4v) is 3.11. The van der Waals surface area contributed by atoms with Crippen LogP contribution in [0.5, 0.6) is 11.5 Å². The van der Waals surface area contributed by atoms with E-state index < -0.39 is 106 Å². The number of amides is 2. The number of carbonyl (C=O) groups is 4. The Morgan fingerprint density at radius 3 is 1.52 bits per heavy atom. The first-order chi connectivity index (χ1) is 21.9. The number of benzene rings is 2. The molecule has 0 aliphatic rings. The molecule has 0 spiro atoms. The molecule has 0 fully saturated rings. The number of rotatable bonds is 11. The number of nitrogens with one attached hydrogen (secondary N) is 2. The Kier molecular flexibility index (Phi) is 14.2. The van der Waals surface area contributed by atoms with Crippen LogP contribution in [-0.2, 0) is 19.1 Å². The first-order valence-electron chi connectivity index (χ1n) is 13.5. The van der Waals surface area contributed by atoms with Crippen molar-refractivity contribution in [2.45, 2.75) is 64.8 Å². The zero-order valence-electron chi connectivity index (χ0n) is 26.4. The third-order valence-corrected chi connectivity index (χ3v) is 5.02. The SMILES string of the molecule is CC(C)(C)OC(=O)N[C@@H](COc1cc(F)cc(F)c1N)C(=O)O.CC(C)(C)OC(=O)N[C@@H](COc1cc(F)cc(F)c1[N+](=O)[O-])C(=O)O. The molecule has 0 aliphatic carbocycles. The quantitative estimate of drug-likeness (QED) is 0.0963. The van der Waals surface area contributed by atoms with E-state index >= 15 is 0 Å². The lowest BCUT2D eigenvalue weighted by Gasteiger charge is -2.22. The molecule has 20 heteroatoms. The van der Waals surface area contributed by atoms with E-state index in [9.17, 15) is 46.9 Å². The zero-order chi connectivity index (χ0) is 37.1. The number of anilines is 1. The minimum Gasteiger partial charge on any atom is -0.488 e. The van der Waals surface area contributed by atoms with Crippen molar-refractivity contribution in [3.05, 3.63) is 57.6 Å². The number of hydrogen-bond donors (Lipinski definition) is 5. The van der Waals surface area contributed by atoms with E-state index in [1.807, 2.05) is 5.32 Å². The molecular weight excluding hydrogens is 660 g/mol. The largest absolute Gasteiger partial charge is 0.488 e. The molecule has 2 aromatic carbocycles. The normalized spacial score (nSPS) is 12.3. The highest BCUT2D eigenvalue weighted by atomic mass is 19.1. The lowest BCUT2D eigenvalue weighted by atomic mass is 10.2. The summed E-state index contributed by atoms with van der Waals surface area (Å²) in [5.74, 6) is -8.71. The zero-order valence-corrected chi connectivity index (χ0v) is 26.4. The number of aliphatic carboxylic acids is 2. The van der Waals surface area contributed by atoms with Crippen molar-refractivity contribution in [1.82, 2.24) is 10.6 Å². The van der Waals surface area contributed by atoms with Crippen molar-refractivity contribution >= 4 is 35.5 Å². The van der Waals surface area contributed by atoms with Crippen LogP contribution >= 0.6 is 0 Å². The van der Waals surface area contributed by atoms with Crippen molar-refractivity contribution in [3.63, 3.8) is 0 Å². The predicted octanol–water partition coefficient (Wildman–Crippen LogP) is 4.13. The van der Waals surface area contributed by atoms with Crippen LogP contribution in [0.3, 0.4) is 0 Å². The maximum atomic E-state index is 13.5. The minimum atomic E-state index is -1.67. The molecule has 16 nitrogen and oxygen atoms in total. The fraction of sp³-hybridized carbons (Fsp3) is 0.429. The number of nitrogen functional groups attached to an aromatic ring is 1. The lowest BCUT2D eigenvalue weighted by Crippen LogP contribution is -2.46. The van der Waals surface area contributed by atoms with E-state index in [0.29, 0.717) is 18.2 Å². The summed E-state index contributed by atoms with van der Waals surface area (Å²) in [6, 6.07) is -0.955. The summed E-state index contributed by atoms with van der Waals surface area (Å²) >= 11 is 0. The van der Waals surface area contributed by atoms with Gasteiger partial charge in [0.2, 0.25) is 11.6 Å². The summed E-state index contributed by atoms with van der Waals surface area (Å²) < 4.78 is 72.7. The van der Waals surface area contributed by atoms with Crippen molar-refractivity contribution in [3.8, 4) is 11.5 Å². The Morgan fingerprint density at radius 1 is 0.771 bits per heavy atom. The van der Waals surface area contributed by atoms with Gasteiger partial charge in [-0.25, -0.2) is 32.3 Å². The standard InChI is InChI=1S/C14H16F2N2O7.C14H18F2N2O5/c1-14(2,3)25-13(21)17-9(12(19)20)6-24-10-5-7(15)4-8(16)11(10)18(22)23;1-14(2,3)23-13(21)18-9(12(19)20)6-22-10-5-7(15)4-8(16)11(10)17/h4-5,9H,6H2,1-3H3,(H,17,21)(H,19,20);4-5,9H,6,17H2,1-3H3,(H,18,21)(H,19,20)/t2*9-/m00/s1. The third kappa shape index (κ3) is 14.3. The second kappa shape index (κ2) is 16.8. The van der Waals surface area contributed by atoms with Gasteiger partial charge in [-0.3, -0.25) is 10.1 Å². The van der Waals surface area contributed by atoms with Crippen LogP contribution in [0.25, 0.3) is 0 Å². The molecule has 0 saturated carbocycles. The summed E-state index contributed by atoms with van der Waals surface area (Å²) in [6.07, 6.45) is -2.03. The molecular formula is C28H34F4N4O12. The molecule has 48 heavy (non-hydrogen) atoms. The van der Waals surface area contributed by atoms with E-state index in [-0.39, 0.29) is 5.75 Å². The molecule has 0 unspecified atom stereocenters. The highest BCUT2D eigenvalue weighted by Gasteiger charge is 2.29. The molecule has 0 heterocycles. The van der Waals surface area contributed by atoms with Crippen LogP contribution < -0.4 is 25.8 Å². The van der Waals surface area contributed by atoms with Gasteiger partial charge in [-0.1, -0.05) is 0 Å². The van der Waals surface area contributed by atoms with Crippen molar-refractivity contribution in [2.24, 2.45) is 0 Å². The topological polar surface area (TPSA) is 239 Å². The number of carbonyl (C=O) groups excluding carboxylic acids is 2.